The van der Waals surface area contributed by atoms with Gasteiger partial charge >= 0.3 is 0 Å². The highest BCUT2D eigenvalue weighted by molar-refractivity contribution is 7.89. The lowest BCUT2D eigenvalue weighted by atomic mass is 10.1. The number of piperidine rings is 1. The highest BCUT2D eigenvalue weighted by Gasteiger charge is 2.17. The summed E-state index contributed by atoms with van der Waals surface area (Å²) in [5, 5.41) is 3.18. The Morgan fingerprint density at radius 3 is 2.00 bits per heavy atom. The predicted octanol–water partition coefficient (Wildman–Crippen LogP) is 1.98. The van der Waals surface area contributed by atoms with Crippen molar-refractivity contribution in [3.8, 4) is 0 Å². The van der Waals surface area contributed by atoms with Gasteiger partial charge in [-0.1, -0.05) is 27.7 Å². The first-order chi connectivity index (χ1) is 7.64. The van der Waals surface area contributed by atoms with Gasteiger partial charge < -0.3 is 5.32 Å². The third-order valence-electron chi connectivity index (χ3n) is 2.07. The van der Waals surface area contributed by atoms with Crippen LogP contribution in [0, 0.1) is 0 Å². The Balaban J connectivity index is -0.000000355. The molecule has 2 N–H and O–H groups in total. The summed E-state index contributed by atoms with van der Waals surface area (Å²) < 4.78 is 24.9. The second-order valence-electron chi connectivity index (χ2n) is 3.05. The van der Waals surface area contributed by atoms with Gasteiger partial charge in [0.25, 0.3) is 0 Å². The van der Waals surface area contributed by atoms with Gasteiger partial charge in [0.2, 0.25) is 10.0 Å². The molecule has 0 unspecified atom stereocenters. The van der Waals surface area contributed by atoms with E-state index >= 15 is 0 Å². The van der Waals surface area contributed by atoms with Crippen molar-refractivity contribution < 1.29 is 9.84 Å². The molecule has 0 aromatic rings. The highest BCUT2D eigenvalue weighted by Crippen LogP contribution is 2.03. The molecule has 0 amide bonds. The Morgan fingerprint density at radius 2 is 1.62 bits per heavy atom. The van der Waals surface area contributed by atoms with Crippen molar-refractivity contribution in [2.75, 3.05) is 18.8 Å². The third kappa shape index (κ3) is 9.12. The van der Waals surface area contributed by atoms with Crippen LogP contribution in [-0.2, 0) is 10.0 Å². The molecule has 1 saturated heterocycles. The molecule has 0 aliphatic carbocycles. The fraction of sp³-hybridized carbons (Fsp3) is 1.00. The van der Waals surface area contributed by atoms with Gasteiger partial charge in [-0.2, -0.15) is 0 Å². The van der Waals surface area contributed by atoms with Crippen LogP contribution in [0.25, 0.3) is 0 Å². The van der Waals surface area contributed by atoms with Crippen molar-refractivity contribution in [3.05, 3.63) is 0 Å². The molecule has 0 atom stereocenters. The van der Waals surface area contributed by atoms with Crippen molar-refractivity contribution in [2.45, 2.75) is 53.5 Å². The van der Waals surface area contributed by atoms with E-state index in [9.17, 15) is 8.42 Å². The Labute approximate surface area is 103 Å². The van der Waals surface area contributed by atoms with E-state index in [1.54, 1.807) is 6.92 Å². The summed E-state index contributed by atoms with van der Waals surface area (Å²) in [4.78, 5) is 0. The fourth-order valence-electron chi connectivity index (χ4n) is 1.28. The minimum atomic E-state index is -3.00. The molecule has 0 aromatic heterocycles. The topological polar surface area (TPSA) is 58.2 Å². The average molecular weight is 254 g/mol. The third-order valence-corrected chi connectivity index (χ3v) is 3.52. The van der Waals surface area contributed by atoms with E-state index in [1.807, 2.05) is 27.7 Å². The quantitative estimate of drug-likeness (QED) is 0.809. The standard InChI is InChI=1S/C7H16N2O2S.2C2H6.H2/c1-2-12(10,11)9-7-3-5-8-6-4-7;2*1-2;/h7-9H,2-6H2,1H3;2*1-2H3;1H. The molecule has 1 rings (SSSR count). The van der Waals surface area contributed by atoms with E-state index in [0.717, 1.165) is 25.9 Å². The van der Waals surface area contributed by atoms with Gasteiger partial charge in [0.05, 0.1) is 5.75 Å². The van der Waals surface area contributed by atoms with Gasteiger partial charge in [0.1, 0.15) is 0 Å². The Kier molecular flexibility index (Phi) is 12.9. The number of nitrogens with one attached hydrogen (secondary N) is 2. The Bertz CT molecular complexity index is 228. The summed E-state index contributed by atoms with van der Waals surface area (Å²) in [6.07, 6.45) is 1.80. The number of hydrogen-bond donors (Lipinski definition) is 2. The molecule has 0 bridgehead atoms. The zero-order valence-electron chi connectivity index (χ0n) is 11.3. The summed E-state index contributed by atoms with van der Waals surface area (Å²) in [6.45, 7) is 11.5. The summed E-state index contributed by atoms with van der Waals surface area (Å²) in [5.41, 5.74) is 0. The van der Waals surface area contributed by atoms with Crippen LogP contribution in [0.5, 0.6) is 0 Å². The van der Waals surface area contributed by atoms with Crippen molar-refractivity contribution in [1.29, 1.82) is 0 Å². The zero-order chi connectivity index (χ0) is 13.0. The van der Waals surface area contributed by atoms with E-state index in [2.05, 4.69) is 10.0 Å². The molecule has 0 radical (unpaired) electrons. The largest absolute Gasteiger partial charge is 0.317 e. The predicted molar refractivity (Wildman–Crippen MR) is 73.3 cm³/mol. The first kappa shape index (κ1) is 18.2. The van der Waals surface area contributed by atoms with Crippen LogP contribution in [-0.4, -0.2) is 33.3 Å². The lowest BCUT2D eigenvalue weighted by Gasteiger charge is -2.23. The second kappa shape index (κ2) is 11.4. The minimum absolute atomic E-state index is 0. The fourth-order valence-corrected chi connectivity index (χ4v) is 2.19. The molecule has 16 heavy (non-hydrogen) atoms. The van der Waals surface area contributed by atoms with Gasteiger partial charge in [0, 0.05) is 7.47 Å². The summed E-state index contributed by atoms with van der Waals surface area (Å²) in [6, 6.07) is 0.149. The van der Waals surface area contributed by atoms with Crippen LogP contribution in [0.1, 0.15) is 48.9 Å². The van der Waals surface area contributed by atoms with E-state index < -0.39 is 10.0 Å². The summed E-state index contributed by atoms with van der Waals surface area (Å²) in [7, 11) is -3.00. The molecule has 5 heteroatoms. The minimum Gasteiger partial charge on any atom is -0.317 e. The van der Waals surface area contributed by atoms with Crippen LogP contribution >= 0.6 is 0 Å². The van der Waals surface area contributed by atoms with Crippen LogP contribution < -0.4 is 10.0 Å². The normalized spacial score (nSPS) is 16.6. The molecule has 0 spiro atoms. The molecular weight excluding hydrogens is 224 g/mol. The number of hydrogen-bond acceptors (Lipinski definition) is 3. The molecule has 4 nitrogen and oxygen atoms in total. The van der Waals surface area contributed by atoms with Gasteiger partial charge in [-0.25, -0.2) is 13.1 Å². The Morgan fingerprint density at radius 1 is 1.19 bits per heavy atom. The van der Waals surface area contributed by atoms with Gasteiger partial charge in [0.15, 0.2) is 0 Å². The summed E-state index contributed by atoms with van der Waals surface area (Å²) in [5.74, 6) is 0.178. The van der Waals surface area contributed by atoms with Crippen molar-refractivity contribution in [1.82, 2.24) is 10.0 Å². The maximum Gasteiger partial charge on any atom is 0.211 e. The van der Waals surface area contributed by atoms with Crippen LogP contribution in [0.3, 0.4) is 0 Å². The average Bonchev–Trinajstić information content (AvgIpc) is 2.35. The molecular formula is C11H30N2O2S. The maximum atomic E-state index is 11.1. The van der Waals surface area contributed by atoms with Crippen molar-refractivity contribution in [2.24, 2.45) is 0 Å². The van der Waals surface area contributed by atoms with Crippen molar-refractivity contribution >= 4 is 10.0 Å². The van der Waals surface area contributed by atoms with Gasteiger partial charge in [-0.3, -0.25) is 0 Å². The summed E-state index contributed by atoms with van der Waals surface area (Å²) >= 11 is 0. The first-order valence-corrected chi connectivity index (χ1v) is 8.00. The van der Waals surface area contributed by atoms with Crippen LogP contribution in [0.15, 0.2) is 0 Å². The highest BCUT2D eigenvalue weighted by atomic mass is 32.2. The lowest BCUT2D eigenvalue weighted by Crippen LogP contribution is -2.43. The van der Waals surface area contributed by atoms with Gasteiger partial charge in [-0.05, 0) is 32.9 Å². The van der Waals surface area contributed by atoms with Crippen LogP contribution in [0.4, 0.5) is 0 Å². The van der Waals surface area contributed by atoms with Crippen molar-refractivity contribution in [3.63, 3.8) is 0 Å². The zero-order valence-corrected chi connectivity index (χ0v) is 12.2. The van der Waals surface area contributed by atoms with E-state index in [1.165, 1.54) is 0 Å². The number of sulfonamides is 1. The van der Waals surface area contributed by atoms with Gasteiger partial charge in [-0.15, -0.1) is 0 Å². The van der Waals surface area contributed by atoms with Crippen LogP contribution in [0.2, 0.25) is 0 Å². The smallest absolute Gasteiger partial charge is 0.211 e. The van der Waals surface area contributed by atoms with E-state index in [-0.39, 0.29) is 13.2 Å². The molecule has 0 saturated carbocycles. The van der Waals surface area contributed by atoms with E-state index in [0.29, 0.717) is 0 Å². The molecule has 1 aliphatic heterocycles. The molecule has 0 aromatic carbocycles. The molecule has 102 valence electrons. The monoisotopic (exact) mass is 254 g/mol. The second-order valence-corrected chi connectivity index (χ2v) is 5.09. The lowest BCUT2D eigenvalue weighted by molar-refractivity contribution is 0.427. The van der Waals surface area contributed by atoms with E-state index in [4.69, 9.17) is 0 Å². The molecule has 1 aliphatic rings. The SMILES string of the molecule is CC.CC.CCS(=O)(=O)NC1CCNCC1.[HH]. The first-order valence-electron chi connectivity index (χ1n) is 6.35. The number of rotatable bonds is 3. The maximum absolute atomic E-state index is 11.1. The molecule has 1 heterocycles. The Hall–Kier alpha value is -0.130. The molecule has 1 fully saturated rings.